The number of carbonyl (C=O) groups is 1. The number of fused-ring (bicyclic) bond motifs is 6. The molecule has 1 fully saturated rings. The number of hydrogen-bond acceptors (Lipinski definition) is 5. The summed E-state index contributed by atoms with van der Waals surface area (Å²) in [4.78, 5) is 14.7. The lowest BCUT2D eigenvalue weighted by Crippen LogP contribution is -2.46. The van der Waals surface area contributed by atoms with E-state index in [-0.39, 0.29) is 24.8 Å². The van der Waals surface area contributed by atoms with Crippen molar-refractivity contribution >= 4 is 5.97 Å². The molecule has 1 aromatic carbocycles. The molecule has 1 aromatic rings. The summed E-state index contributed by atoms with van der Waals surface area (Å²) in [5, 5.41) is 0. The molecule has 0 N–H and O–H groups in total. The van der Waals surface area contributed by atoms with Crippen LogP contribution >= 0.6 is 0 Å². The number of esters is 1. The molecule has 5 nitrogen and oxygen atoms in total. The molecule has 1 saturated heterocycles. The van der Waals surface area contributed by atoms with Crippen LogP contribution in [0, 0.1) is 5.92 Å². The molecule has 4 atom stereocenters. The van der Waals surface area contributed by atoms with Crippen molar-refractivity contribution in [2.75, 3.05) is 20.4 Å². The molecule has 0 radical (unpaired) electrons. The predicted octanol–water partition coefficient (Wildman–Crippen LogP) is 1.93. The van der Waals surface area contributed by atoms with Gasteiger partial charge in [-0.2, -0.15) is 0 Å². The van der Waals surface area contributed by atoms with Crippen molar-refractivity contribution in [1.82, 2.24) is 4.90 Å². The Morgan fingerprint density at radius 3 is 2.86 bits per heavy atom. The van der Waals surface area contributed by atoms with Gasteiger partial charge in [-0.25, -0.2) is 4.79 Å². The van der Waals surface area contributed by atoms with E-state index in [0.717, 1.165) is 24.3 Å². The second kappa shape index (κ2) is 4.26. The lowest BCUT2D eigenvalue weighted by atomic mass is 9.74. The Morgan fingerprint density at radius 2 is 2.00 bits per heavy atom. The van der Waals surface area contributed by atoms with Crippen LogP contribution in [0.2, 0.25) is 0 Å². The fourth-order valence-corrected chi connectivity index (χ4v) is 4.39. The average molecular weight is 299 g/mol. The summed E-state index contributed by atoms with van der Waals surface area (Å²) in [6.45, 7) is 1.30. The Hall–Kier alpha value is -2.01. The van der Waals surface area contributed by atoms with Crippen LogP contribution < -0.4 is 9.47 Å². The minimum Gasteiger partial charge on any atom is -0.454 e. The van der Waals surface area contributed by atoms with Gasteiger partial charge < -0.3 is 19.1 Å². The Kier molecular flexibility index (Phi) is 2.42. The van der Waals surface area contributed by atoms with Crippen molar-refractivity contribution in [3.63, 3.8) is 0 Å². The number of likely N-dealkylation sites (N-methyl/N-ethyl adjacent to an activating group) is 1. The third-order valence-corrected chi connectivity index (χ3v) is 5.40. The molecule has 0 amide bonds. The van der Waals surface area contributed by atoms with Gasteiger partial charge in [0.25, 0.3) is 0 Å². The lowest BCUT2D eigenvalue weighted by molar-refractivity contribution is 0.0177. The van der Waals surface area contributed by atoms with Crippen molar-refractivity contribution in [2.45, 2.75) is 24.5 Å². The number of hydrogen-bond donors (Lipinski definition) is 0. The number of ether oxygens (including phenoxy) is 3. The first-order valence-corrected chi connectivity index (χ1v) is 7.75. The summed E-state index contributed by atoms with van der Waals surface area (Å²) in [6.07, 6.45) is 5.27. The van der Waals surface area contributed by atoms with Crippen molar-refractivity contribution < 1.29 is 19.0 Å². The van der Waals surface area contributed by atoms with E-state index in [1.54, 1.807) is 6.07 Å². The maximum absolute atomic E-state index is 12.3. The molecule has 5 rings (SSSR count). The van der Waals surface area contributed by atoms with Crippen LogP contribution in [0.25, 0.3) is 0 Å². The first-order chi connectivity index (χ1) is 10.7. The van der Waals surface area contributed by atoms with Gasteiger partial charge in [-0.15, -0.1) is 0 Å². The molecular formula is C17H17NO4. The Bertz CT molecular complexity index is 698. The first-order valence-electron chi connectivity index (χ1n) is 7.75. The zero-order valence-corrected chi connectivity index (χ0v) is 12.3. The molecule has 0 saturated carbocycles. The molecule has 114 valence electrons. The van der Waals surface area contributed by atoms with Crippen LogP contribution in [0.3, 0.4) is 0 Å². The summed E-state index contributed by atoms with van der Waals surface area (Å²) < 4.78 is 16.6. The third-order valence-electron chi connectivity index (χ3n) is 5.40. The summed E-state index contributed by atoms with van der Waals surface area (Å²) in [5.41, 5.74) is 1.67. The van der Waals surface area contributed by atoms with Gasteiger partial charge in [0.15, 0.2) is 11.5 Å². The van der Waals surface area contributed by atoms with Crippen LogP contribution in [0.1, 0.15) is 28.3 Å². The van der Waals surface area contributed by atoms with Gasteiger partial charge in [-0.1, -0.05) is 6.08 Å². The molecule has 3 heterocycles. The third kappa shape index (κ3) is 1.54. The minimum atomic E-state index is -0.265. The second-order valence-electron chi connectivity index (χ2n) is 6.50. The molecule has 22 heavy (non-hydrogen) atoms. The van der Waals surface area contributed by atoms with Crippen LogP contribution in [0.5, 0.6) is 11.5 Å². The van der Waals surface area contributed by atoms with E-state index in [1.165, 1.54) is 0 Å². The Balaban J connectivity index is 1.69. The van der Waals surface area contributed by atoms with Gasteiger partial charge in [0.05, 0.1) is 5.56 Å². The smallest absolute Gasteiger partial charge is 0.339 e. The number of benzene rings is 1. The monoisotopic (exact) mass is 299 g/mol. The van der Waals surface area contributed by atoms with Gasteiger partial charge in [0.1, 0.15) is 6.10 Å². The molecule has 0 bridgehead atoms. The lowest BCUT2D eigenvalue weighted by Gasteiger charge is -2.42. The number of likely N-dealkylation sites (tertiary alicyclic amines) is 1. The maximum atomic E-state index is 12.3. The predicted molar refractivity (Wildman–Crippen MR) is 78.2 cm³/mol. The summed E-state index contributed by atoms with van der Waals surface area (Å²) in [6, 6.07) is 4.14. The van der Waals surface area contributed by atoms with Crippen LogP contribution in [0.15, 0.2) is 24.3 Å². The molecule has 0 unspecified atom stereocenters. The van der Waals surface area contributed by atoms with Gasteiger partial charge >= 0.3 is 5.97 Å². The molecule has 4 aliphatic rings. The number of rotatable bonds is 0. The molecule has 3 aliphatic heterocycles. The van der Waals surface area contributed by atoms with Gasteiger partial charge in [-0.3, -0.25) is 0 Å². The Labute approximate surface area is 128 Å². The Morgan fingerprint density at radius 1 is 1.18 bits per heavy atom. The van der Waals surface area contributed by atoms with E-state index in [9.17, 15) is 4.79 Å². The summed E-state index contributed by atoms with van der Waals surface area (Å²) in [7, 11) is 2.16. The molecule has 0 spiro atoms. The molecular weight excluding hydrogens is 282 g/mol. The van der Waals surface area contributed by atoms with E-state index in [1.807, 2.05) is 6.07 Å². The van der Waals surface area contributed by atoms with Crippen LogP contribution in [-0.2, 0) is 4.74 Å². The standard InChI is InChI=1S/C17H17NO4/c1-18-5-4-9-2-3-12-15(16(9)18)10-6-13-14(21-8-20-13)7-11(10)17(19)22-12/h2-3,6-7,9,12,15-16H,4-5,8H2,1H3/t9-,12-,15+,16+/m0/s1. The van der Waals surface area contributed by atoms with E-state index in [0.29, 0.717) is 23.3 Å². The highest BCUT2D eigenvalue weighted by atomic mass is 16.7. The topological polar surface area (TPSA) is 48.0 Å². The number of nitrogens with zero attached hydrogens (tertiary/aromatic N) is 1. The van der Waals surface area contributed by atoms with E-state index in [2.05, 4.69) is 24.1 Å². The van der Waals surface area contributed by atoms with Crippen LogP contribution in [-0.4, -0.2) is 43.4 Å². The van der Waals surface area contributed by atoms with Crippen molar-refractivity contribution in [3.8, 4) is 11.5 Å². The fourth-order valence-electron chi connectivity index (χ4n) is 4.39. The molecule has 5 heteroatoms. The minimum absolute atomic E-state index is 0.171. The van der Waals surface area contributed by atoms with Gasteiger partial charge in [0.2, 0.25) is 6.79 Å². The van der Waals surface area contributed by atoms with Crippen molar-refractivity contribution in [3.05, 3.63) is 35.4 Å². The SMILES string of the molecule is CN1CC[C@@H]2C=C[C@@H]3OC(=O)c4cc5c(cc4[C@H]3[C@@H]21)OCO5. The van der Waals surface area contributed by atoms with Crippen molar-refractivity contribution in [2.24, 2.45) is 5.92 Å². The van der Waals surface area contributed by atoms with Crippen molar-refractivity contribution in [1.29, 1.82) is 0 Å². The zero-order valence-electron chi connectivity index (χ0n) is 12.3. The fraction of sp³-hybridized carbons (Fsp3) is 0.471. The highest BCUT2D eigenvalue weighted by Gasteiger charge is 2.48. The van der Waals surface area contributed by atoms with Gasteiger partial charge in [-0.05, 0) is 49.7 Å². The average Bonchev–Trinajstić information content (AvgIpc) is 3.12. The van der Waals surface area contributed by atoms with E-state index in [4.69, 9.17) is 14.2 Å². The largest absolute Gasteiger partial charge is 0.454 e. The highest BCUT2D eigenvalue weighted by molar-refractivity contribution is 5.94. The summed E-state index contributed by atoms with van der Waals surface area (Å²) in [5.74, 6) is 1.81. The van der Waals surface area contributed by atoms with Gasteiger partial charge in [0, 0.05) is 12.0 Å². The van der Waals surface area contributed by atoms with E-state index < -0.39 is 0 Å². The zero-order chi connectivity index (χ0) is 14.8. The highest BCUT2D eigenvalue weighted by Crippen LogP contribution is 2.48. The first kappa shape index (κ1) is 12.5. The number of carbonyl (C=O) groups excluding carboxylic acids is 1. The van der Waals surface area contributed by atoms with Crippen LogP contribution in [0.4, 0.5) is 0 Å². The maximum Gasteiger partial charge on any atom is 0.339 e. The second-order valence-corrected chi connectivity index (χ2v) is 6.50. The molecule has 1 aliphatic carbocycles. The quantitative estimate of drug-likeness (QED) is 0.541. The summed E-state index contributed by atoms with van der Waals surface area (Å²) >= 11 is 0. The van der Waals surface area contributed by atoms with E-state index >= 15 is 0 Å². The molecule has 0 aromatic heterocycles. The normalized spacial score (nSPS) is 34.9.